The van der Waals surface area contributed by atoms with Gasteiger partial charge in [-0.15, -0.1) is 0 Å². The fourth-order valence-corrected chi connectivity index (χ4v) is 2.86. The number of nitrogens with one attached hydrogen (secondary N) is 1. The molecule has 1 saturated carbocycles. The van der Waals surface area contributed by atoms with Gasteiger partial charge in [0.25, 0.3) is 0 Å². The average Bonchev–Trinajstić information content (AvgIpc) is 2.47. The summed E-state index contributed by atoms with van der Waals surface area (Å²) in [4.78, 5) is 12.2. The molecule has 0 heterocycles. The third kappa shape index (κ3) is 4.21. The zero-order valence-electron chi connectivity index (χ0n) is 12.9. The van der Waals surface area contributed by atoms with E-state index in [1.807, 2.05) is 25.1 Å². The number of aliphatic hydroxyl groups is 1. The largest absolute Gasteiger partial charge is 0.399 e. The van der Waals surface area contributed by atoms with Gasteiger partial charge in [0.1, 0.15) is 0 Å². The molecule has 4 nitrogen and oxygen atoms in total. The lowest BCUT2D eigenvalue weighted by Gasteiger charge is -2.35. The Morgan fingerprint density at radius 3 is 2.76 bits per heavy atom. The van der Waals surface area contributed by atoms with Crippen LogP contribution in [0.5, 0.6) is 0 Å². The van der Waals surface area contributed by atoms with Crippen molar-refractivity contribution >= 4 is 11.6 Å². The molecule has 1 atom stereocenters. The zero-order chi connectivity index (χ0) is 15.5. The van der Waals surface area contributed by atoms with E-state index in [0.717, 1.165) is 31.2 Å². The number of rotatable bonds is 4. The van der Waals surface area contributed by atoms with Gasteiger partial charge in [-0.25, -0.2) is 0 Å². The van der Waals surface area contributed by atoms with E-state index in [1.54, 1.807) is 6.07 Å². The molecule has 0 bridgehead atoms. The monoisotopic (exact) mass is 290 g/mol. The lowest BCUT2D eigenvalue weighted by atomic mass is 9.79. The summed E-state index contributed by atoms with van der Waals surface area (Å²) in [6.45, 7) is 4.41. The van der Waals surface area contributed by atoms with Crippen LogP contribution in [0, 0.1) is 5.92 Å². The van der Waals surface area contributed by atoms with Gasteiger partial charge in [-0.05, 0) is 56.2 Å². The maximum Gasteiger partial charge on any atom is 0.227 e. The van der Waals surface area contributed by atoms with Crippen molar-refractivity contribution in [3.8, 4) is 0 Å². The van der Waals surface area contributed by atoms with Crippen LogP contribution in [0.4, 0.5) is 5.69 Å². The number of carbonyl (C=O) groups excluding carboxylic acids is 1. The molecule has 21 heavy (non-hydrogen) atoms. The van der Waals surface area contributed by atoms with Gasteiger partial charge in [0.15, 0.2) is 0 Å². The van der Waals surface area contributed by atoms with Gasteiger partial charge >= 0.3 is 0 Å². The molecule has 1 unspecified atom stereocenters. The molecular formula is C17H26N2O2. The smallest absolute Gasteiger partial charge is 0.227 e. The van der Waals surface area contributed by atoms with Gasteiger partial charge in [0.2, 0.25) is 5.91 Å². The van der Waals surface area contributed by atoms with Crippen molar-refractivity contribution in [1.29, 1.82) is 0 Å². The molecule has 116 valence electrons. The first-order chi connectivity index (χ1) is 9.89. The first-order valence-electron chi connectivity index (χ1n) is 7.75. The highest BCUT2D eigenvalue weighted by Gasteiger charge is 2.32. The van der Waals surface area contributed by atoms with E-state index in [1.165, 1.54) is 0 Å². The van der Waals surface area contributed by atoms with Crippen LogP contribution in [0.2, 0.25) is 0 Å². The van der Waals surface area contributed by atoms with Gasteiger partial charge in [0, 0.05) is 12.2 Å². The molecule has 2 rings (SSSR count). The van der Waals surface area contributed by atoms with Crippen LogP contribution in [-0.4, -0.2) is 23.2 Å². The SMILES string of the molecule is CC1CCC(O)(CNC(=O)C(C)c2cccc(N)c2)CC1. The Kier molecular flexibility index (Phi) is 4.88. The zero-order valence-corrected chi connectivity index (χ0v) is 12.9. The molecule has 4 heteroatoms. The predicted octanol–water partition coefficient (Wildman–Crippen LogP) is 2.43. The summed E-state index contributed by atoms with van der Waals surface area (Å²) in [5, 5.41) is 13.4. The highest BCUT2D eigenvalue weighted by Crippen LogP contribution is 2.31. The summed E-state index contributed by atoms with van der Waals surface area (Å²) in [7, 11) is 0. The average molecular weight is 290 g/mol. The molecule has 1 fully saturated rings. The number of hydrogen-bond donors (Lipinski definition) is 3. The Balaban J connectivity index is 1.89. The summed E-state index contributed by atoms with van der Waals surface area (Å²) >= 11 is 0. The topological polar surface area (TPSA) is 75.3 Å². The van der Waals surface area contributed by atoms with E-state index in [9.17, 15) is 9.90 Å². The maximum atomic E-state index is 12.2. The number of nitrogen functional groups attached to an aromatic ring is 1. The molecule has 0 saturated heterocycles. The van der Waals surface area contributed by atoms with Crippen LogP contribution < -0.4 is 11.1 Å². The Morgan fingerprint density at radius 1 is 1.48 bits per heavy atom. The minimum absolute atomic E-state index is 0.0624. The Hall–Kier alpha value is -1.55. The number of benzene rings is 1. The number of anilines is 1. The van der Waals surface area contributed by atoms with Crippen molar-refractivity contribution in [1.82, 2.24) is 5.32 Å². The third-order valence-electron chi connectivity index (χ3n) is 4.60. The summed E-state index contributed by atoms with van der Waals surface area (Å²) in [5.74, 6) is 0.347. The Bertz CT molecular complexity index is 493. The lowest BCUT2D eigenvalue weighted by molar-refractivity contribution is -0.124. The van der Waals surface area contributed by atoms with E-state index in [2.05, 4.69) is 12.2 Å². The van der Waals surface area contributed by atoms with Crippen molar-refractivity contribution < 1.29 is 9.90 Å². The van der Waals surface area contributed by atoms with E-state index >= 15 is 0 Å². The van der Waals surface area contributed by atoms with E-state index in [4.69, 9.17) is 5.73 Å². The second-order valence-corrected chi connectivity index (χ2v) is 6.52. The normalized spacial score (nSPS) is 27.1. The van der Waals surface area contributed by atoms with Crippen molar-refractivity contribution in [3.05, 3.63) is 29.8 Å². The maximum absolute atomic E-state index is 12.2. The standard InChI is InChI=1S/C17H26N2O2/c1-12-6-8-17(21,9-7-12)11-19-16(20)13(2)14-4-3-5-15(18)10-14/h3-5,10,12-13,21H,6-9,11,18H2,1-2H3,(H,19,20). The van der Waals surface area contributed by atoms with Gasteiger partial charge < -0.3 is 16.2 Å². The molecule has 1 aliphatic carbocycles. The van der Waals surface area contributed by atoms with Crippen LogP contribution >= 0.6 is 0 Å². The summed E-state index contributed by atoms with van der Waals surface area (Å²) in [6.07, 6.45) is 3.58. The van der Waals surface area contributed by atoms with Crippen LogP contribution in [0.15, 0.2) is 24.3 Å². The van der Waals surface area contributed by atoms with Crippen LogP contribution in [0.3, 0.4) is 0 Å². The number of nitrogens with two attached hydrogens (primary N) is 1. The predicted molar refractivity (Wildman–Crippen MR) is 84.9 cm³/mol. The van der Waals surface area contributed by atoms with Crippen molar-refractivity contribution in [3.63, 3.8) is 0 Å². The molecule has 1 aliphatic rings. The highest BCUT2D eigenvalue weighted by molar-refractivity contribution is 5.83. The lowest BCUT2D eigenvalue weighted by Crippen LogP contribution is -2.46. The van der Waals surface area contributed by atoms with Gasteiger partial charge in [-0.2, -0.15) is 0 Å². The molecule has 4 N–H and O–H groups in total. The van der Waals surface area contributed by atoms with Crippen LogP contribution in [0.25, 0.3) is 0 Å². The van der Waals surface area contributed by atoms with Crippen LogP contribution in [0.1, 0.15) is 51.0 Å². The summed E-state index contributed by atoms with van der Waals surface area (Å²) < 4.78 is 0. The van der Waals surface area contributed by atoms with Crippen LogP contribution in [-0.2, 0) is 4.79 Å². The molecule has 0 radical (unpaired) electrons. The molecule has 1 aromatic rings. The Labute approximate surface area is 126 Å². The number of carbonyl (C=O) groups is 1. The Morgan fingerprint density at radius 2 is 2.14 bits per heavy atom. The second-order valence-electron chi connectivity index (χ2n) is 6.52. The fraction of sp³-hybridized carbons (Fsp3) is 0.588. The van der Waals surface area contributed by atoms with E-state index < -0.39 is 5.60 Å². The van der Waals surface area contributed by atoms with Crippen molar-refractivity contribution in [2.45, 2.75) is 51.0 Å². The summed E-state index contributed by atoms with van der Waals surface area (Å²) in [5.41, 5.74) is 6.57. The van der Waals surface area contributed by atoms with E-state index in [-0.39, 0.29) is 11.8 Å². The molecule has 0 aliphatic heterocycles. The molecule has 1 amide bonds. The van der Waals surface area contributed by atoms with E-state index in [0.29, 0.717) is 18.2 Å². The number of amides is 1. The third-order valence-corrected chi connectivity index (χ3v) is 4.60. The quantitative estimate of drug-likeness (QED) is 0.745. The van der Waals surface area contributed by atoms with Gasteiger partial charge in [0.05, 0.1) is 11.5 Å². The van der Waals surface area contributed by atoms with Gasteiger partial charge in [-0.1, -0.05) is 19.1 Å². The molecular weight excluding hydrogens is 264 g/mol. The van der Waals surface area contributed by atoms with Gasteiger partial charge in [-0.3, -0.25) is 4.79 Å². The number of hydrogen-bond acceptors (Lipinski definition) is 3. The second kappa shape index (κ2) is 6.48. The highest BCUT2D eigenvalue weighted by atomic mass is 16.3. The fourth-order valence-electron chi connectivity index (χ4n) is 2.86. The minimum atomic E-state index is -0.738. The van der Waals surface area contributed by atoms with Crippen molar-refractivity contribution in [2.24, 2.45) is 5.92 Å². The minimum Gasteiger partial charge on any atom is -0.399 e. The summed E-state index contributed by atoms with van der Waals surface area (Å²) in [6, 6.07) is 7.38. The first kappa shape index (κ1) is 15.8. The molecule has 1 aromatic carbocycles. The molecule has 0 aromatic heterocycles. The first-order valence-corrected chi connectivity index (χ1v) is 7.75. The van der Waals surface area contributed by atoms with Crippen molar-refractivity contribution in [2.75, 3.05) is 12.3 Å². The molecule has 0 spiro atoms.